The fourth-order valence-electron chi connectivity index (χ4n) is 4.26. The quantitative estimate of drug-likeness (QED) is 0.809. The molecule has 1 aromatic heterocycles. The predicted octanol–water partition coefficient (Wildman–Crippen LogP) is 1.24. The molecule has 2 saturated heterocycles. The van der Waals surface area contributed by atoms with Crippen molar-refractivity contribution in [3.8, 4) is 0 Å². The highest BCUT2D eigenvalue weighted by molar-refractivity contribution is 7.91. The van der Waals surface area contributed by atoms with Crippen molar-refractivity contribution in [3.63, 3.8) is 0 Å². The summed E-state index contributed by atoms with van der Waals surface area (Å²) in [5.74, 6) is -0.884. The van der Waals surface area contributed by atoms with Crippen LogP contribution in [0.25, 0.3) is 10.9 Å². The summed E-state index contributed by atoms with van der Waals surface area (Å²) in [7, 11) is -2.94. The maximum atomic E-state index is 13.4. The van der Waals surface area contributed by atoms with Crippen molar-refractivity contribution < 1.29 is 22.7 Å². The Kier molecular flexibility index (Phi) is 4.69. The number of benzene rings is 1. The van der Waals surface area contributed by atoms with Crippen LogP contribution >= 0.6 is 0 Å². The number of carbonyl (C=O) groups is 1. The number of hydrogen-bond acceptors (Lipinski definition) is 5. The van der Waals surface area contributed by atoms with Crippen molar-refractivity contribution in [2.75, 3.05) is 37.7 Å². The number of halogens is 1. The highest BCUT2D eigenvalue weighted by Gasteiger charge is 2.37. The first-order valence-electron chi connectivity index (χ1n) is 9.02. The van der Waals surface area contributed by atoms with E-state index in [4.69, 9.17) is 0 Å². The lowest BCUT2D eigenvalue weighted by Crippen LogP contribution is -2.52. The molecule has 0 aliphatic carbocycles. The van der Waals surface area contributed by atoms with Gasteiger partial charge in [-0.15, -0.1) is 0 Å². The van der Waals surface area contributed by atoms with Crippen molar-refractivity contribution in [3.05, 3.63) is 35.8 Å². The monoisotopic (exact) mass is 395 g/mol. The second kappa shape index (κ2) is 6.88. The Bertz CT molecular complexity index is 966. The topological polar surface area (TPSA) is 93.7 Å². The first-order chi connectivity index (χ1) is 12.8. The molecule has 2 aromatic rings. The van der Waals surface area contributed by atoms with E-state index < -0.39 is 21.8 Å². The van der Waals surface area contributed by atoms with Crippen LogP contribution in [-0.4, -0.2) is 78.0 Å². The largest absolute Gasteiger partial charge is 0.480 e. The summed E-state index contributed by atoms with van der Waals surface area (Å²) >= 11 is 0. The summed E-state index contributed by atoms with van der Waals surface area (Å²) < 4.78 is 36.8. The number of carboxylic acids is 1. The number of aromatic nitrogens is 1. The third kappa shape index (κ3) is 3.59. The Morgan fingerprint density at radius 1 is 1.26 bits per heavy atom. The molecule has 2 atom stereocenters. The van der Waals surface area contributed by atoms with E-state index in [2.05, 4.69) is 9.88 Å². The van der Waals surface area contributed by atoms with Gasteiger partial charge < -0.3 is 10.1 Å². The van der Waals surface area contributed by atoms with Crippen molar-refractivity contribution >= 4 is 26.7 Å². The number of H-pyrrole nitrogens is 1. The summed E-state index contributed by atoms with van der Waals surface area (Å²) in [6.45, 7) is 2.37. The SMILES string of the molecule is O=C(O)[C@H](c1c[nH]c2cc(F)ccc12)N1CCN([C@@H]2CCS(=O)(=O)C2)CC1. The summed E-state index contributed by atoms with van der Waals surface area (Å²) in [5, 5.41) is 10.5. The predicted molar refractivity (Wildman–Crippen MR) is 98.8 cm³/mol. The summed E-state index contributed by atoms with van der Waals surface area (Å²) in [6.07, 6.45) is 2.29. The second-order valence-corrected chi connectivity index (χ2v) is 9.53. The van der Waals surface area contributed by atoms with Crippen molar-refractivity contribution in [1.82, 2.24) is 14.8 Å². The summed E-state index contributed by atoms with van der Waals surface area (Å²) in [6, 6.07) is 3.51. The van der Waals surface area contributed by atoms with E-state index >= 15 is 0 Å². The van der Waals surface area contributed by atoms with Gasteiger partial charge in [0.1, 0.15) is 11.9 Å². The van der Waals surface area contributed by atoms with E-state index in [0.717, 1.165) is 0 Å². The minimum atomic E-state index is -2.94. The minimum absolute atomic E-state index is 0.0384. The first kappa shape index (κ1) is 18.4. The number of rotatable bonds is 4. The van der Waals surface area contributed by atoms with E-state index in [1.54, 1.807) is 12.3 Å². The molecule has 27 heavy (non-hydrogen) atoms. The highest BCUT2D eigenvalue weighted by Crippen LogP contribution is 2.30. The van der Waals surface area contributed by atoms with Crippen LogP contribution in [-0.2, 0) is 14.6 Å². The molecule has 0 unspecified atom stereocenters. The van der Waals surface area contributed by atoms with E-state index in [-0.39, 0.29) is 23.4 Å². The zero-order chi connectivity index (χ0) is 19.2. The van der Waals surface area contributed by atoms with Crippen molar-refractivity contribution in [2.45, 2.75) is 18.5 Å². The molecule has 4 rings (SSSR count). The minimum Gasteiger partial charge on any atom is -0.480 e. The first-order valence-corrected chi connectivity index (χ1v) is 10.8. The second-order valence-electron chi connectivity index (χ2n) is 7.30. The maximum Gasteiger partial charge on any atom is 0.325 e. The van der Waals surface area contributed by atoms with Gasteiger partial charge in [-0.05, 0) is 24.6 Å². The molecule has 0 bridgehead atoms. The third-order valence-electron chi connectivity index (χ3n) is 5.64. The van der Waals surface area contributed by atoms with Gasteiger partial charge in [-0.25, -0.2) is 12.8 Å². The van der Waals surface area contributed by atoms with Crippen LogP contribution < -0.4 is 0 Å². The summed E-state index contributed by atoms with van der Waals surface area (Å²) in [5.41, 5.74) is 1.19. The number of carboxylic acid groups (broad SMARTS) is 1. The van der Waals surface area contributed by atoms with Crippen LogP contribution in [0.5, 0.6) is 0 Å². The van der Waals surface area contributed by atoms with Gasteiger partial charge in [-0.2, -0.15) is 0 Å². The number of piperazine rings is 1. The van der Waals surface area contributed by atoms with Gasteiger partial charge in [0, 0.05) is 54.9 Å². The van der Waals surface area contributed by atoms with Crippen LogP contribution in [0.15, 0.2) is 24.4 Å². The molecule has 7 nitrogen and oxygen atoms in total. The molecule has 2 aliphatic rings. The zero-order valence-electron chi connectivity index (χ0n) is 14.8. The smallest absolute Gasteiger partial charge is 0.325 e. The number of hydrogen-bond donors (Lipinski definition) is 2. The molecule has 2 N–H and O–H groups in total. The highest BCUT2D eigenvalue weighted by atomic mass is 32.2. The van der Waals surface area contributed by atoms with E-state index in [9.17, 15) is 22.7 Å². The maximum absolute atomic E-state index is 13.4. The zero-order valence-corrected chi connectivity index (χ0v) is 15.6. The number of aliphatic carboxylic acids is 1. The number of sulfone groups is 1. The lowest BCUT2D eigenvalue weighted by molar-refractivity contribution is -0.144. The molecule has 2 fully saturated rings. The number of nitrogens with one attached hydrogen (secondary N) is 1. The van der Waals surface area contributed by atoms with Gasteiger partial charge in [0.05, 0.1) is 11.5 Å². The molecule has 1 aromatic carbocycles. The lowest BCUT2D eigenvalue weighted by Gasteiger charge is -2.39. The van der Waals surface area contributed by atoms with Crippen LogP contribution in [0.2, 0.25) is 0 Å². The Morgan fingerprint density at radius 2 is 2.00 bits per heavy atom. The van der Waals surface area contributed by atoms with Crippen LogP contribution in [0, 0.1) is 5.82 Å². The molecular weight excluding hydrogens is 373 g/mol. The number of nitrogens with zero attached hydrogens (tertiary/aromatic N) is 2. The molecular formula is C18H22FN3O4S. The molecule has 2 aliphatic heterocycles. The standard InChI is InChI=1S/C18H22FN3O4S/c19-12-1-2-14-15(10-20-16(14)9-12)17(18(23)24)22-6-4-21(5-7-22)13-3-8-27(25,26)11-13/h1-2,9-10,13,17,20H,3-8,11H2,(H,23,24)/t13-,17+/m1/s1. The van der Waals surface area contributed by atoms with Crippen molar-refractivity contribution in [2.24, 2.45) is 0 Å². The van der Waals surface area contributed by atoms with E-state index in [1.165, 1.54) is 12.1 Å². The molecule has 0 saturated carbocycles. The Hall–Kier alpha value is -1.97. The molecule has 3 heterocycles. The van der Waals surface area contributed by atoms with E-state index in [0.29, 0.717) is 49.1 Å². The fraction of sp³-hybridized carbons (Fsp3) is 0.500. The van der Waals surface area contributed by atoms with Crippen molar-refractivity contribution in [1.29, 1.82) is 0 Å². The molecule has 0 amide bonds. The van der Waals surface area contributed by atoms with Gasteiger partial charge in [0.25, 0.3) is 0 Å². The Balaban J connectivity index is 1.51. The van der Waals surface area contributed by atoms with Gasteiger partial charge in [-0.1, -0.05) is 0 Å². The molecule has 9 heteroatoms. The van der Waals surface area contributed by atoms with Gasteiger partial charge in [0.15, 0.2) is 9.84 Å². The average Bonchev–Trinajstić information content (AvgIpc) is 3.18. The number of fused-ring (bicyclic) bond motifs is 1. The lowest BCUT2D eigenvalue weighted by atomic mass is 10.0. The van der Waals surface area contributed by atoms with Crippen LogP contribution in [0.1, 0.15) is 18.0 Å². The molecule has 0 spiro atoms. The van der Waals surface area contributed by atoms with Gasteiger partial charge in [0.2, 0.25) is 0 Å². The summed E-state index contributed by atoms with van der Waals surface area (Å²) in [4.78, 5) is 19.0. The van der Waals surface area contributed by atoms with Crippen LogP contribution in [0.3, 0.4) is 0 Å². The Morgan fingerprint density at radius 3 is 2.63 bits per heavy atom. The molecule has 0 radical (unpaired) electrons. The Labute approximate surface area is 156 Å². The van der Waals surface area contributed by atoms with Gasteiger partial charge in [-0.3, -0.25) is 14.6 Å². The molecule has 146 valence electrons. The van der Waals surface area contributed by atoms with Gasteiger partial charge >= 0.3 is 5.97 Å². The van der Waals surface area contributed by atoms with E-state index in [1.807, 2.05) is 4.90 Å². The normalized spacial score (nSPS) is 25.0. The average molecular weight is 395 g/mol. The van der Waals surface area contributed by atoms with Crippen LogP contribution in [0.4, 0.5) is 4.39 Å². The number of aromatic amines is 1. The fourth-order valence-corrected chi connectivity index (χ4v) is 6.02. The third-order valence-corrected chi connectivity index (χ3v) is 7.39.